The van der Waals surface area contributed by atoms with Gasteiger partial charge in [-0.3, -0.25) is 14.4 Å². The largest absolute Gasteiger partial charge is 0.481 e. The summed E-state index contributed by atoms with van der Waals surface area (Å²) in [6, 6.07) is 0. The van der Waals surface area contributed by atoms with Gasteiger partial charge in [0.25, 0.3) is 0 Å². The molecule has 0 aliphatic heterocycles. The van der Waals surface area contributed by atoms with Crippen LogP contribution in [0.4, 0.5) is 0 Å². The molecule has 0 aromatic heterocycles. The topological polar surface area (TPSA) is 93.1 Å². The fourth-order valence-corrected chi connectivity index (χ4v) is 1.10. The molecular formula is C10H17NO6. The summed E-state index contributed by atoms with van der Waals surface area (Å²) in [6.07, 6.45) is -0.650. The number of carboxylic acid groups (broad SMARTS) is 1. The van der Waals surface area contributed by atoms with Crippen LogP contribution in [0.5, 0.6) is 0 Å². The summed E-state index contributed by atoms with van der Waals surface area (Å²) in [7, 11) is 1.45. The molecule has 0 fully saturated rings. The van der Waals surface area contributed by atoms with Crippen LogP contribution in [-0.4, -0.2) is 61.3 Å². The molecule has 0 spiro atoms. The molecule has 7 heteroatoms. The summed E-state index contributed by atoms with van der Waals surface area (Å²) in [4.78, 5) is 34.2. The maximum atomic E-state index is 11.5. The van der Waals surface area contributed by atoms with Crippen molar-refractivity contribution in [3.8, 4) is 0 Å². The fourth-order valence-electron chi connectivity index (χ4n) is 1.10. The van der Waals surface area contributed by atoms with Crippen molar-refractivity contribution in [1.82, 2.24) is 4.90 Å². The lowest BCUT2D eigenvalue weighted by Crippen LogP contribution is -2.39. The number of carbonyl (C=O) groups is 3. The highest BCUT2D eigenvalue weighted by Crippen LogP contribution is 1.96. The molecule has 1 N–H and O–H groups in total. The van der Waals surface area contributed by atoms with Gasteiger partial charge in [-0.25, -0.2) is 0 Å². The first-order chi connectivity index (χ1) is 8.01. The van der Waals surface area contributed by atoms with Gasteiger partial charge in [-0.2, -0.15) is 0 Å². The Morgan fingerprint density at radius 1 is 1.29 bits per heavy atom. The number of rotatable bonds is 8. The quantitative estimate of drug-likeness (QED) is 0.459. The molecule has 0 saturated carbocycles. The Bertz CT molecular complexity index is 278. The number of carboxylic acids is 1. The number of ether oxygens (including phenoxy) is 2. The van der Waals surface area contributed by atoms with E-state index in [0.717, 1.165) is 4.90 Å². The molecule has 0 heterocycles. The highest BCUT2D eigenvalue weighted by Gasteiger charge is 2.19. The highest BCUT2D eigenvalue weighted by molar-refractivity contribution is 5.94. The maximum Gasteiger partial charge on any atom is 0.325 e. The normalized spacial score (nSPS) is 9.76. The van der Waals surface area contributed by atoms with Crippen LogP contribution in [-0.2, 0) is 23.9 Å². The van der Waals surface area contributed by atoms with E-state index in [0.29, 0.717) is 0 Å². The summed E-state index contributed by atoms with van der Waals surface area (Å²) in [6.45, 7) is 1.98. The van der Waals surface area contributed by atoms with Gasteiger partial charge in [0.05, 0.1) is 13.2 Å². The standard InChI is InChI=1S/C10H17NO6/c1-3-17-10(15)7-11(4-5-16-2)8(12)6-9(13)14/h3-7H2,1-2H3,(H,13,14). The molecule has 0 atom stereocenters. The first-order valence-corrected chi connectivity index (χ1v) is 5.15. The molecular weight excluding hydrogens is 230 g/mol. The first-order valence-electron chi connectivity index (χ1n) is 5.15. The number of amides is 1. The van der Waals surface area contributed by atoms with E-state index in [9.17, 15) is 14.4 Å². The van der Waals surface area contributed by atoms with Crippen molar-refractivity contribution in [3.05, 3.63) is 0 Å². The van der Waals surface area contributed by atoms with E-state index in [1.54, 1.807) is 6.92 Å². The van der Waals surface area contributed by atoms with Gasteiger partial charge in [-0.15, -0.1) is 0 Å². The van der Waals surface area contributed by atoms with E-state index < -0.39 is 24.3 Å². The van der Waals surface area contributed by atoms with Gasteiger partial charge >= 0.3 is 11.9 Å². The Balaban J connectivity index is 4.35. The second-order valence-electron chi connectivity index (χ2n) is 3.18. The third-order valence-electron chi connectivity index (χ3n) is 1.85. The van der Waals surface area contributed by atoms with Crippen molar-refractivity contribution in [1.29, 1.82) is 0 Å². The summed E-state index contributed by atoms with van der Waals surface area (Å²) in [5, 5.41) is 8.50. The van der Waals surface area contributed by atoms with Crippen LogP contribution in [0.1, 0.15) is 13.3 Å². The SMILES string of the molecule is CCOC(=O)CN(CCOC)C(=O)CC(=O)O. The van der Waals surface area contributed by atoms with Crippen molar-refractivity contribution >= 4 is 17.8 Å². The molecule has 0 aliphatic rings. The minimum atomic E-state index is -1.23. The van der Waals surface area contributed by atoms with E-state index in [1.165, 1.54) is 7.11 Å². The molecule has 1 amide bonds. The van der Waals surface area contributed by atoms with E-state index in [-0.39, 0.29) is 26.3 Å². The number of nitrogens with zero attached hydrogens (tertiary/aromatic N) is 1. The van der Waals surface area contributed by atoms with E-state index >= 15 is 0 Å². The van der Waals surface area contributed by atoms with E-state index in [2.05, 4.69) is 4.74 Å². The average Bonchev–Trinajstić information content (AvgIpc) is 2.23. The summed E-state index contributed by atoms with van der Waals surface area (Å²) in [5.41, 5.74) is 0. The third-order valence-corrected chi connectivity index (χ3v) is 1.85. The highest BCUT2D eigenvalue weighted by atomic mass is 16.5. The molecule has 17 heavy (non-hydrogen) atoms. The van der Waals surface area contributed by atoms with Crippen molar-refractivity contribution in [2.24, 2.45) is 0 Å². The molecule has 0 aliphatic carbocycles. The van der Waals surface area contributed by atoms with Crippen LogP contribution in [0.3, 0.4) is 0 Å². The zero-order valence-corrected chi connectivity index (χ0v) is 9.97. The maximum absolute atomic E-state index is 11.5. The van der Waals surface area contributed by atoms with Crippen LogP contribution in [0.2, 0.25) is 0 Å². The van der Waals surface area contributed by atoms with Gasteiger partial charge in [0, 0.05) is 13.7 Å². The molecule has 0 bridgehead atoms. The number of methoxy groups -OCH3 is 1. The van der Waals surface area contributed by atoms with Crippen LogP contribution in [0.25, 0.3) is 0 Å². The zero-order valence-electron chi connectivity index (χ0n) is 9.97. The summed E-state index contributed by atoms with van der Waals surface area (Å²) >= 11 is 0. The van der Waals surface area contributed by atoms with Crippen molar-refractivity contribution in [2.75, 3.05) is 33.4 Å². The van der Waals surface area contributed by atoms with Gasteiger partial charge in [0.15, 0.2) is 0 Å². The van der Waals surface area contributed by atoms with Crippen LogP contribution in [0, 0.1) is 0 Å². The molecule has 7 nitrogen and oxygen atoms in total. The minimum absolute atomic E-state index is 0.154. The lowest BCUT2D eigenvalue weighted by molar-refractivity contribution is -0.152. The monoisotopic (exact) mass is 247 g/mol. The average molecular weight is 247 g/mol. The Morgan fingerprint density at radius 2 is 1.94 bits per heavy atom. The molecule has 0 saturated heterocycles. The predicted molar refractivity (Wildman–Crippen MR) is 57.3 cm³/mol. The second kappa shape index (κ2) is 8.51. The van der Waals surface area contributed by atoms with Crippen molar-refractivity contribution < 1.29 is 29.0 Å². The van der Waals surface area contributed by atoms with Gasteiger partial charge in [0.2, 0.25) is 5.91 Å². The van der Waals surface area contributed by atoms with Crippen molar-refractivity contribution in [3.63, 3.8) is 0 Å². The smallest absolute Gasteiger partial charge is 0.325 e. The Kier molecular flexibility index (Phi) is 7.70. The number of aliphatic carboxylic acids is 1. The molecule has 0 rings (SSSR count). The minimum Gasteiger partial charge on any atom is -0.481 e. The number of carbonyl (C=O) groups excluding carboxylic acids is 2. The van der Waals surface area contributed by atoms with Crippen molar-refractivity contribution in [2.45, 2.75) is 13.3 Å². The molecule has 0 aromatic carbocycles. The van der Waals surface area contributed by atoms with Gasteiger partial charge in [0.1, 0.15) is 13.0 Å². The molecule has 98 valence electrons. The predicted octanol–water partition coefficient (Wildman–Crippen LogP) is -0.501. The Labute approximate surface area is 99.3 Å². The van der Waals surface area contributed by atoms with Crippen LogP contribution < -0.4 is 0 Å². The summed E-state index contributed by atoms with van der Waals surface area (Å²) in [5.74, 6) is -2.44. The van der Waals surface area contributed by atoms with Crippen LogP contribution in [0.15, 0.2) is 0 Å². The number of hydrogen-bond donors (Lipinski definition) is 1. The Hall–Kier alpha value is -1.63. The first kappa shape index (κ1) is 15.4. The molecule has 0 unspecified atom stereocenters. The summed E-state index contributed by atoms with van der Waals surface area (Å²) < 4.78 is 9.46. The number of esters is 1. The third kappa shape index (κ3) is 7.29. The molecule has 0 aromatic rings. The van der Waals surface area contributed by atoms with Crippen LogP contribution >= 0.6 is 0 Å². The molecule has 0 radical (unpaired) electrons. The lowest BCUT2D eigenvalue weighted by atomic mass is 10.3. The fraction of sp³-hybridized carbons (Fsp3) is 0.700. The van der Waals surface area contributed by atoms with Gasteiger partial charge < -0.3 is 19.5 Å². The van der Waals surface area contributed by atoms with E-state index in [4.69, 9.17) is 9.84 Å². The van der Waals surface area contributed by atoms with Gasteiger partial charge in [-0.1, -0.05) is 0 Å². The number of hydrogen-bond acceptors (Lipinski definition) is 5. The second-order valence-corrected chi connectivity index (χ2v) is 3.18. The lowest BCUT2D eigenvalue weighted by Gasteiger charge is -2.20. The Morgan fingerprint density at radius 3 is 2.41 bits per heavy atom. The van der Waals surface area contributed by atoms with Gasteiger partial charge in [-0.05, 0) is 6.92 Å². The van der Waals surface area contributed by atoms with E-state index in [1.807, 2.05) is 0 Å². The zero-order chi connectivity index (χ0) is 13.3.